The molecule has 0 unspecified atom stereocenters. The molecule has 8 heteroatoms. The Labute approximate surface area is 206 Å². The number of anilines is 1. The van der Waals surface area contributed by atoms with Gasteiger partial charge in [-0.3, -0.25) is 14.5 Å². The van der Waals surface area contributed by atoms with E-state index in [2.05, 4.69) is 5.32 Å². The number of aromatic nitrogens is 1. The molecule has 0 saturated heterocycles. The Balaban J connectivity index is 1.65. The van der Waals surface area contributed by atoms with E-state index < -0.39 is 17.8 Å². The molecule has 0 bridgehead atoms. The summed E-state index contributed by atoms with van der Waals surface area (Å²) in [6, 6.07) is 20.2. The molecular formula is C27H24FN3O3S. The Bertz CT molecular complexity index is 1430. The van der Waals surface area contributed by atoms with Crippen LogP contribution >= 0.6 is 11.8 Å². The minimum atomic E-state index is -1.05. The van der Waals surface area contributed by atoms with Crippen LogP contribution in [0.25, 0.3) is 10.9 Å². The number of hydrogen-bond acceptors (Lipinski definition) is 4. The van der Waals surface area contributed by atoms with Crippen LogP contribution in [0.1, 0.15) is 17.2 Å². The Hall–Kier alpha value is -3.78. The van der Waals surface area contributed by atoms with E-state index in [9.17, 15) is 9.59 Å². The number of hydrogen-bond donors (Lipinski definition) is 1. The van der Waals surface area contributed by atoms with E-state index in [-0.39, 0.29) is 23.9 Å². The zero-order valence-electron chi connectivity index (χ0n) is 19.3. The van der Waals surface area contributed by atoms with Crippen LogP contribution in [0.2, 0.25) is 0 Å². The molecule has 1 atom stereocenters. The Morgan fingerprint density at radius 1 is 1.09 bits per heavy atom. The fourth-order valence-corrected chi connectivity index (χ4v) is 5.68. The van der Waals surface area contributed by atoms with Gasteiger partial charge in [0.2, 0.25) is 11.8 Å². The number of aryl methyl sites for hydroxylation is 1. The lowest BCUT2D eigenvalue weighted by Gasteiger charge is -2.30. The minimum Gasteiger partial charge on any atom is -0.496 e. The fraction of sp³-hybridized carbons (Fsp3) is 0.185. The zero-order valence-corrected chi connectivity index (χ0v) is 20.1. The first-order chi connectivity index (χ1) is 17.0. The van der Waals surface area contributed by atoms with E-state index in [4.69, 9.17) is 4.74 Å². The molecular weight excluding hydrogens is 465 g/mol. The molecule has 0 fully saturated rings. The molecule has 2 heterocycles. The number of carbonyl (C=O) groups excluding carboxylic acids is 2. The highest BCUT2D eigenvalue weighted by Gasteiger charge is 2.40. The van der Waals surface area contributed by atoms with Crippen molar-refractivity contribution < 1.29 is 18.7 Å². The van der Waals surface area contributed by atoms with Gasteiger partial charge in [0.15, 0.2) is 0 Å². The van der Waals surface area contributed by atoms with Crippen LogP contribution in [0.5, 0.6) is 5.75 Å². The third-order valence-corrected chi connectivity index (χ3v) is 7.39. The summed E-state index contributed by atoms with van der Waals surface area (Å²) in [5.41, 5.74) is 2.51. The highest BCUT2D eigenvalue weighted by atomic mass is 32.2. The molecule has 1 aliphatic rings. The fourth-order valence-electron chi connectivity index (χ4n) is 4.61. The van der Waals surface area contributed by atoms with Crippen molar-refractivity contribution in [3.63, 3.8) is 0 Å². The lowest BCUT2D eigenvalue weighted by molar-refractivity contribution is -0.126. The highest BCUT2D eigenvalue weighted by Crippen LogP contribution is 2.43. The number of para-hydroxylation sites is 3. The standard InChI is InChI=1S/C27H24FN3O3S/c1-30-20-12-6-4-10-18(20)24-25(26(33)29-15-17-9-3-8-14-22(17)34-2)31(23(32)16-35-27(24)30)21-13-7-5-11-19(21)28/h3-14,25H,15-16H2,1-2H3,(H,29,33)/t25-/m1/s1. The summed E-state index contributed by atoms with van der Waals surface area (Å²) in [6.07, 6.45) is 0. The van der Waals surface area contributed by atoms with Crippen molar-refractivity contribution in [1.82, 2.24) is 9.88 Å². The van der Waals surface area contributed by atoms with Crippen molar-refractivity contribution in [1.29, 1.82) is 0 Å². The molecule has 6 nitrogen and oxygen atoms in total. The van der Waals surface area contributed by atoms with Crippen LogP contribution in [0, 0.1) is 5.82 Å². The number of fused-ring (bicyclic) bond motifs is 3. The van der Waals surface area contributed by atoms with E-state index in [0.717, 1.165) is 21.5 Å². The third-order valence-electron chi connectivity index (χ3n) is 6.23. The van der Waals surface area contributed by atoms with Gasteiger partial charge in [-0.2, -0.15) is 0 Å². The first-order valence-electron chi connectivity index (χ1n) is 11.2. The largest absolute Gasteiger partial charge is 0.496 e. The number of rotatable bonds is 5. The molecule has 2 amide bonds. The summed E-state index contributed by atoms with van der Waals surface area (Å²) in [7, 11) is 3.49. The number of carbonyl (C=O) groups is 2. The number of nitrogens with one attached hydrogen (secondary N) is 1. The van der Waals surface area contributed by atoms with Crippen LogP contribution in [-0.4, -0.2) is 29.2 Å². The van der Waals surface area contributed by atoms with Crippen LogP contribution in [0.15, 0.2) is 77.8 Å². The summed E-state index contributed by atoms with van der Waals surface area (Å²) >= 11 is 1.37. The van der Waals surface area contributed by atoms with Crippen molar-refractivity contribution in [2.45, 2.75) is 17.6 Å². The maximum Gasteiger partial charge on any atom is 0.248 e. The van der Waals surface area contributed by atoms with Crippen molar-refractivity contribution in [3.8, 4) is 5.75 Å². The third kappa shape index (κ3) is 4.04. The van der Waals surface area contributed by atoms with Gasteiger partial charge in [0.1, 0.15) is 17.6 Å². The number of benzene rings is 3. The van der Waals surface area contributed by atoms with Gasteiger partial charge in [0, 0.05) is 35.6 Å². The molecule has 0 saturated carbocycles. The molecule has 178 valence electrons. The first kappa shape index (κ1) is 23.0. The van der Waals surface area contributed by atoms with Gasteiger partial charge in [0.05, 0.1) is 23.6 Å². The van der Waals surface area contributed by atoms with Crippen LogP contribution < -0.4 is 15.0 Å². The Morgan fingerprint density at radius 3 is 2.60 bits per heavy atom. The van der Waals surface area contributed by atoms with E-state index in [1.807, 2.05) is 60.1 Å². The summed E-state index contributed by atoms with van der Waals surface area (Å²) in [5.74, 6) is -0.554. The molecule has 5 rings (SSSR count). The predicted molar refractivity (Wildman–Crippen MR) is 135 cm³/mol. The Kier molecular flexibility index (Phi) is 6.21. The lowest BCUT2D eigenvalue weighted by Crippen LogP contribution is -2.44. The van der Waals surface area contributed by atoms with Gasteiger partial charge >= 0.3 is 0 Å². The smallest absolute Gasteiger partial charge is 0.248 e. The number of methoxy groups -OCH3 is 1. The van der Waals surface area contributed by atoms with Crippen molar-refractivity contribution >= 4 is 40.2 Å². The molecule has 1 N–H and O–H groups in total. The molecule has 1 aliphatic heterocycles. The number of ether oxygens (including phenoxy) is 1. The van der Waals surface area contributed by atoms with E-state index in [1.165, 1.54) is 28.8 Å². The number of nitrogens with zero attached hydrogens (tertiary/aromatic N) is 2. The maximum absolute atomic E-state index is 15.0. The molecule has 1 aromatic heterocycles. The molecule has 3 aromatic carbocycles. The number of amides is 2. The lowest BCUT2D eigenvalue weighted by atomic mass is 10.0. The first-order valence-corrected chi connectivity index (χ1v) is 12.2. The normalized spacial score (nSPS) is 15.6. The second-order valence-electron chi connectivity index (χ2n) is 8.23. The zero-order chi connectivity index (χ0) is 24.5. The van der Waals surface area contributed by atoms with Gasteiger partial charge in [-0.1, -0.05) is 60.3 Å². The van der Waals surface area contributed by atoms with E-state index in [0.29, 0.717) is 11.3 Å². The summed E-state index contributed by atoms with van der Waals surface area (Å²) in [4.78, 5) is 28.6. The topological polar surface area (TPSA) is 63.6 Å². The van der Waals surface area contributed by atoms with E-state index in [1.54, 1.807) is 19.2 Å². The second kappa shape index (κ2) is 9.46. The van der Waals surface area contributed by atoms with E-state index >= 15 is 4.39 Å². The summed E-state index contributed by atoms with van der Waals surface area (Å²) in [5, 5.41) is 4.64. The quantitative estimate of drug-likeness (QED) is 0.437. The van der Waals surface area contributed by atoms with Gasteiger partial charge in [0.25, 0.3) is 0 Å². The van der Waals surface area contributed by atoms with Gasteiger partial charge in [-0.05, 0) is 24.3 Å². The molecule has 0 spiro atoms. The summed E-state index contributed by atoms with van der Waals surface area (Å²) in [6.45, 7) is 0.200. The van der Waals surface area contributed by atoms with Gasteiger partial charge in [-0.15, -0.1) is 0 Å². The second-order valence-corrected chi connectivity index (χ2v) is 9.20. The average molecular weight is 490 g/mol. The SMILES string of the molecule is COc1ccccc1CNC(=O)[C@H]1c2c(n(C)c3ccccc23)SCC(=O)N1c1ccccc1F. The predicted octanol–water partition coefficient (Wildman–Crippen LogP) is 4.82. The summed E-state index contributed by atoms with van der Waals surface area (Å²) < 4.78 is 22.4. The van der Waals surface area contributed by atoms with Gasteiger partial charge < -0.3 is 14.6 Å². The van der Waals surface area contributed by atoms with Crippen molar-refractivity contribution in [3.05, 3.63) is 89.7 Å². The Morgan fingerprint density at radius 2 is 1.80 bits per heavy atom. The molecule has 4 aromatic rings. The average Bonchev–Trinajstić information content (AvgIpc) is 3.06. The molecule has 0 radical (unpaired) electrons. The van der Waals surface area contributed by atoms with Crippen LogP contribution in [0.3, 0.4) is 0 Å². The highest BCUT2D eigenvalue weighted by molar-refractivity contribution is 8.00. The molecule has 35 heavy (non-hydrogen) atoms. The maximum atomic E-state index is 15.0. The number of halogens is 1. The van der Waals surface area contributed by atoms with Gasteiger partial charge in [-0.25, -0.2) is 4.39 Å². The number of thioether (sulfide) groups is 1. The van der Waals surface area contributed by atoms with Crippen molar-refractivity contribution in [2.75, 3.05) is 17.8 Å². The molecule has 0 aliphatic carbocycles. The monoisotopic (exact) mass is 489 g/mol. The van der Waals surface area contributed by atoms with Crippen molar-refractivity contribution in [2.24, 2.45) is 7.05 Å². The minimum absolute atomic E-state index is 0.0799. The van der Waals surface area contributed by atoms with Crippen LogP contribution in [0.4, 0.5) is 10.1 Å². The van der Waals surface area contributed by atoms with Crippen LogP contribution in [-0.2, 0) is 23.2 Å².